The molecule has 1 fully saturated rings. The van der Waals surface area contributed by atoms with Crippen molar-refractivity contribution in [1.82, 2.24) is 0 Å². The fraction of sp³-hybridized carbons (Fsp3) is 0.500. The van der Waals surface area contributed by atoms with Crippen LogP contribution in [-0.2, 0) is 4.74 Å². The molecule has 0 aliphatic carbocycles. The number of hydrogen-bond acceptors (Lipinski definition) is 3. The van der Waals surface area contributed by atoms with Gasteiger partial charge in [0, 0.05) is 41.8 Å². The van der Waals surface area contributed by atoms with Gasteiger partial charge in [0.05, 0.1) is 6.10 Å². The van der Waals surface area contributed by atoms with Gasteiger partial charge in [-0.25, -0.2) is 0 Å². The van der Waals surface area contributed by atoms with Crippen molar-refractivity contribution in [3.8, 4) is 0 Å². The van der Waals surface area contributed by atoms with Gasteiger partial charge >= 0.3 is 0 Å². The Morgan fingerprint density at radius 2 is 2.04 bits per heavy atom. The maximum Gasteiger partial charge on any atom is 0.0892 e. The van der Waals surface area contributed by atoms with E-state index in [1.807, 2.05) is 0 Å². The van der Waals surface area contributed by atoms with Crippen molar-refractivity contribution < 1.29 is 9.84 Å². The first kappa shape index (κ1) is 15.0. The highest BCUT2D eigenvalue weighted by Gasteiger charge is 2.39. The number of rotatable bonds is 4. The molecule has 2 aliphatic heterocycles. The molecule has 0 amide bonds. The summed E-state index contributed by atoms with van der Waals surface area (Å²) in [4.78, 5) is 0. The number of ether oxygens (including phenoxy) is 1. The monoisotopic (exact) mass is 311 g/mol. The zero-order chi connectivity index (χ0) is 15.6. The van der Waals surface area contributed by atoms with Crippen molar-refractivity contribution >= 4 is 16.5 Å². The van der Waals surface area contributed by atoms with Crippen LogP contribution in [0.2, 0.25) is 0 Å². The Morgan fingerprint density at radius 3 is 2.96 bits per heavy atom. The van der Waals surface area contributed by atoms with Gasteiger partial charge in [-0.1, -0.05) is 36.4 Å². The molecule has 2 aromatic rings. The lowest BCUT2D eigenvalue weighted by Gasteiger charge is -2.43. The first-order chi connectivity index (χ1) is 11.4. The van der Waals surface area contributed by atoms with Crippen LogP contribution in [0, 0.1) is 5.92 Å². The number of aliphatic hydroxyl groups is 1. The van der Waals surface area contributed by atoms with Gasteiger partial charge in [0.25, 0.3) is 0 Å². The molecular formula is C20H25NO2. The van der Waals surface area contributed by atoms with Crippen LogP contribution in [0.3, 0.4) is 0 Å². The molecule has 1 saturated heterocycles. The summed E-state index contributed by atoms with van der Waals surface area (Å²) in [6.45, 7) is 1.16. The Balaban J connectivity index is 1.73. The third kappa shape index (κ3) is 2.73. The first-order valence-corrected chi connectivity index (χ1v) is 8.89. The van der Waals surface area contributed by atoms with Crippen molar-refractivity contribution in [3.63, 3.8) is 0 Å². The molecule has 0 saturated carbocycles. The predicted octanol–water partition coefficient (Wildman–Crippen LogP) is 4.26. The molecule has 122 valence electrons. The average molecular weight is 311 g/mol. The molecular weight excluding hydrogens is 286 g/mol. The number of anilines is 1. The zero-order valence-electron chi connectivity index (χ0n) is 13.5. The van der Waals surface area contributed by atoms with Gasteiger partial charge in [-0.05, 0) is 37.5 Å². The molecule has 0 bridgehead atoms. The summed E-state index contributed by atoms with van der Waals surface area (Å²) < 4.78 is 6.20. The van der Waals surface area contributed by atoms with E-state index in [1.165, 1.54) is 28.4 Å². The van der Waals surface area contributed by atoms with Crippen LogP contribution >= 0.6 is 0 Å². The number of fused-ring (bicyclic) bond motifs is 5. The summed E-state index contributed by atoms with van der Waals surface area (Å²) in [6.07, 6.45) is 5.67. The Labute approximate surface area is 137 Å². The van der Waals surface area contributed by atoms with E-state index in [1.54, 1.807) is 0 Å². The van der Waals surface area contributed by atoms with E-state index >= 15 is 0 Å². The number of aliphatic hydroxyl groups excluding tert-OH is 1. The van der Waals surface area contributed by atoms with Gasteiger partial charge in [0.1, 0.15) is 0 Å². The van der Waals surface area contributed by atoms with Crippen molar-refractivity contribution in [2.75, 3.05) is 18.5 Å². The van der Waals surface area contributed by atoms with Gasteiger partial charge in [0.2, 0.25) is 0 Å². The summed E-state index contributed by atoms with van der Waals surface area (Å²) >= 11 is 0. The summed E-state index contributed by atoms with van der Waals surface area (Å²) in [5, 5.41) is 15.5. The van der Waals surface area contributed by atoms with Crippen LogP contribution in [0.1, 0.15) is 43.8 Å². The molecule has 2 aromatic carbocycles. The SMILES string of the molecule is OCCCCC1Nc2c(ccc3ccccc23)C2OCCCC12. The lowest BCUT2D eigenvalue weighted by atomic mass is 9.77. The third-order valence-corrected chi connectivity index (χ3v) is 5.41. The van der Waals surface area contributed by atoms with Crippen molar-refractivity contribution in [3.05, 3.63) is 42.0 Å². The minimum absolute atomic E-state index is 0.226. The average Bonchev–Trinajstić information content (AvgIpc) is 2.62. The van der Waals surface area contributed by atoms with Crippen molar-refractivity contribution in [2.24, 2.45) is 5.92 Å². The smallest absolute Gasteiger partial charge is 0.0892 e. The van der Waals surface area contributed by atoms with Gasteiger partial charge in [-0.3, -0.25) is 0 Å². The fourth-order valence-electron chi connectivity index (χ4n) is 4.28. The van der Waals surface area contributed by atoms with Gasteiger partial charge in [0.15, 0.2) is 0 Å². The zero-order valence-corrected chi connectivity index (χ0v) is 13.5. The largest absolute Gasteiger partial charge is 0.396 e. The first-order valence-electron chi connectivity index (χ1n) is 8.89. The van der Waals surface area contributed by atoms with Gasteiger partial charge in [-0.2, -0.15) is 0 Å². The third-order valence-electron chi connectivity index (χ3n) is 5.41. The van der Waals surface area contributed by atoms with E-state index in [2.05, 4.69) is 41.7 Å². The number of unbranched alkanes of at least 4 members (excludes halogenated alkanes) is 1. The summed E-state index contributed by atoms with van der Waals surface area (Å²) in [7, 11) is 0. The summed E-state index contributed by atoms with van der Waals surface area (Å²) in [6, 6.07) is 13.5. The highest BCUT2D eigenvalue weighted by molar-refractivity contribution is 5.96. The van der Waals surface area contributed by atoms with E-state index in [4.69, 9.17) is 9.84 Å². The minimum Gasteiger partial charge on any atom is -0.396 e. The Kier molecular flexibility index (Phi) is 4.23. The highest BCUT2D eigenvalue weighted by atomic mass is 16.5. The van der Waals surface area contributed by atoms with E-state index in [-0.39, 0.29) is 12.7 Å². The topological polar surface area (TPSA) is 41.5 Å². The molecule has 3 unspecified atom stereocenters. The molecule has 0 aromatic heterocycles. The summed E-state index contributed by atoms with van der Waals surface area (Å²) in [5.74, 6) is 0.552. The van der Waals surface area contributed by atoms with E-state index in [0.717, 1.165) is 32.3 Å². The second kappa shape index (κ2) is 6.50. The molecule has 23 heavy (non-hydrogen) atoms. The molecule has 3 nitrogen and oxygen atoms in total. The Morgan fingerprint density at radius 1 is 1.13 bits per heavy atom. The number of nitrogens with one attached hydrogen (secondary N) is 1. The Hall–Kier alpha value is -1.58. The number of benzene rings is 2. The van der Waals surface area contributed by atoms with Crippen LogP contribution in [-0.4, -0.2) is 24.4 Å². The van der Waals surface area contributed by atoms with Gasteiger partial charge in [-0.15, -0.1) is 0 Å². The minimum atomic E-state index is 0.226. The van der Waals surface area contributed by atoms with Gasteiger partial charge < -0.3 is 15.2 Å². The standard InChI is InChI=1S/C20H25NO2/c22-12-4-3-9-18-16-8-5-13-23-20(16)17-11-10-14-6-1-2-7-15(14)19(17)21-18/h1-2,6-7,10-11,16,18,20-22H,3-5,8-9,12-13H2. The Bertz CT molecular complexity index is 684. The van der Waals surface area contributed by atoms with Crippen LogP contribution in [0.15, 0.2) is 36.4 Å². The highest BCUT2D eigenvalue weighted by Crippen LogP contribution is 2.47. The van der Waals surface area contributed by atoms with E-state index in [0.29, 0.717) is 12.0 Å². The number of hydrogen-bond donors (Lipinski definition) is 2. The van der Waals surface area contributed by atoms with Crippen LogP contribution in [0.5, 0.6) is 0 Å². The molecule has 2 heterocycles. The lowest BCUT2D eigenvalue weighted by Crippen LogP contribution is -2.41. The van der Waals surface area contributed by atoms with Crippen molar-refractivity contribution in [1.29, 1.82) is 0 Å². The maximum atomic E-state index is 9.08. The molecule has 2 aliphatic rings. The fourth-order valence-corrected chi connectivity index (χ4v) is 4.28. The molecule has 2 N–H and O–H groups in total. The van der Waals surface area contributed by atoms with Crippen LogP contribution < -0.4 is 5.32 Å². The van der Waals surface area contributed by atoms with E-state index < -0.39 is 0 Å². The van der Waals surface area contributed by atoms with E-state index in [9.17, 15) is 0 Å². The molecule has 0 spiro atoms. The summed E-state index contributed by atoms with van der Waals surface area (Å²) in [5.41, 5.74) is 2.59. The second-order valence-corrected chi connectivity index (χ2v) is 6.82. The normalized spacial score (nSPS) is 26.4. The molecule has 4 rings (SSSR count). The second-order valence-electron chi connectivity index (χ2n) is 6.82. The lowest BCUT2D eigenvalue weighted by molar-refractivity contribution is -0.0386. The van der Waals surface area contributed by atoms with Crippen LogP contribution in [0.25, 0.3) is 10.8 Å². The quantitative estimate of drug-likeness (QED) is 0.829. The molecule has 0 radical (unpaired) electrons. The maximum absolute atomic E-state index is 9.08. The molecule has 3 heteroatoms. The molecule has 3 atom stereocenters. The van der Waals surface area contributed by atoms with Crippen LogP contribution in [0.4, 0.5) is 5.69 Å². The van der Waals surface area contributed by atoms with Crippen molar-refractivity contribution in [2.45, 2.75) is 44.2 Å². The predicted molar refractivity (Wildman–Crippen MR) is 93.7 cm³/mol.